The van der Waals surface area contributed by atoms with Crippen molar-refractivity contribution in [2.24, 2.45) is 17.2 Å². The number of nitrogens with zero attached hydrogens (tertiary/aromatic N) is 1. The van der Waals surface area contributed by atoms with Gasteiger partial charge in [-0.25, -0.2) is 9.78 Å². The van der Waals surface area contributed by atoms with Crippen LogP contribution in [0.2, 0.25) is 0 Å². The van der Waals surface area contributed by atoms with Crippen LogP contribution in [0.4, 0.5) is 0 Å². The number of primary amides is 2. The molecule has 0 spiro atoms. The number of nitrogens with one attached hydrogen (secondary N) is 5. The number of fused-ring (bicyclic) bond motifs is 1. The van der Waals surface area contributed by atoms with Crippen LogP contribution < -0.4 is 33.2 Å². The Labute approximate surface area is 239 Å². The molecule has 1 aromatic carbocycles. The van der Waals surface area contributed by atoms with E-state index in [4.69, 9.17) is 17.2 Å². The Hall–Kier alpha value is -5.25. The molecule has 2 aromatic heterocycles. The van der Waals surface area contributed by atoms with E-state index in [9.17, 15) is 33.9 Å². The molecule has 0 aliphatic carbocycles. The molecule has 0 radical (unpaired) electrons. The molecule has 0 aliphatic rings. The van der Waals surface area contributed by atoms with Gasteiger partial charge in [0.1, 0.15) is 18.1 Å². The molecule has 0 saturated heterocycles. The Morgan fingerprint density at radius 3 is 2.17 bits per heavy atom. The van der Waals surface area contributed by atoms with E-state index in [0.29, 0.717) is 11.3 Å². The fourth-order valence-corrected chi connectivity index (χ4v) is 4.23. The minimum Gasteiger partial charge on any atom is -0.480 e. The average molecular weight is 584 g/mol. The number of para-hydroxylation sites is 1. The number of benzene rings is 1. The van der Waals surface area contributed by atoms with E-state index < -0.39 is 66.1 Å². The van der Waals surface area contributed by atoms with Crippen molar-refractivity contribution in [3.63, 3.8) is 0 Å². The van der Waals surface area contributed by atoms with Crippen LogP contribution in [0.15, 0.2) is 43.0 Å². The summed E-state index contributed by atoms with van der Waals surface area (Å²) in [6, 6.07) is 1.83. The quantitative estimate of drug-likeness (QED) is 0.0874. The van der Waals surface area contributed by atoms with Crippen LogP contribution in [0.25, 0.3) is 10.9 Å². The number of hydrogen-bond acceptors (Lipinski definition) is 8. The van der Waals surface area contributed by atoms with Gasteiger partial charge in [0.2, 0.25) is 29.5 Å². The first-order valence-corrected chi connectivity index (χ1v) is 12.9. The zero-order chi connectivity index (χ0) is 30.8. The number of carboxylic acid groups (broad SMARTS) is 1. The summed E-state index contributed by atoms with van der Waals surface area (Å²) in [5, 5.41) is 17.9. The van der Waals surface area contributed by atoms with Gasteiger partial charge in [0.05, 0.1) is 18.8 Å². The number of carbonyl (C=O) groups is 6. The van der Waals surface area contributed by atoms with Gasteiger partial charge < -0.3 is 48.2 Å². The summed E-state index contributed by atoms with van der Waals surface area (Å²) < 4.78 is 0. The normalized spacial score (nSPS) is 13.8. The number of carboxylic acids is 1. The molecule has 42 heavy (non-hydrogen) atoms. The Bertz CT molecular complexity index is 1440. The first kappa shape index (κ1) is 31.3. The van der Waals surface area contributed by atoms with Crippen LogP contribution in [0.1, 0.15) is 30.5 Å². The summed E-state index contributed by atoms with van der Waals surface area (Å²) in [6.45, 7) is 0. The van der Waals surface area contributed by atoms with Crippen molar-refractivity contribution in [3.05, 3.63) is 54.2 Å². The highest BCUT2D eigenvalue weighted by atomic mass is 16.4. The number of carbonyl (C=O) groups excluding carboxylic acids is 5. The third-order valence-corrected chi connectivity index (χ3v) is 6.40. The molecule has 5 amide bonds. The second-order valence-electron chi connectivity index (χ2n) is 9.65. The molecule has 224 valence electrons. The molecule has 4 atom stereocenters. The predicted molar refractivity (Wildman–Crippen MR) is 148 cm³/mol. The smallest absolute Gasteiger partial charge is 0.326 e. The lowest BCUT2D eigenvalue weighted by molar-refractivity contribution is -0.142. The van der Waals surface area contributed by atoms with Crippen molar-refractivity contribution in [3.8, 4) is 0 Å². The summed E-state index contributed by atoms with van der Waals surface area (Å²) in [5.41, 5.74) is 17.9. The molecule has 16 heteroatoms. The number of H-pyrrole nitrogens is 2. The number of nitrogens with two attached hydrogens (primary N) is 3. The number of aliphatic carboxylic acids is 1. The highest BCUT2D eigenvalue weighted by Gasteiger charge is 2.31. The number of amides is 5. The molecule has 0 aliphatic heterocycles. The number of hydrogen-bond donors (Lipinski definition) is 9. The summed E-state index contributed by atoms with van der Waals surface area (Å²) in [6.07, 6.45) is 3.25. The van der Waals surface area contributed by atoms with E-state index in [1.165, 1.54) is 12.5 Å². The third kappa shape index (κ3) is 8.88. The third-order valence-electron chi connectivity index (χ3n) is 6.40. The molecule has 0 saturated carbocycles. The highest BCUT2D eigenvalue weighted by Crippen LogP contribution is 2.19. The fourth-order valence-electron chi connectivity index (χ4n) is 4.23. The van der Waals surface area contributed by atoms with Gasteiger partial charge in [0.15, 0.2) is 0 Å². The zero-order valence-electron chi connectivity index (χ0n) is 22.5. The number of imidazole rings is 1. The molecule has 4 unspecified atom stereocenters. The monoisotopic (exact) mass is 583 g/mol. The van der Waals surface area contributed by atoms with Crippen LogP contribution in [-0.2, 0) is 41.6 Å². The van der Waals surface area contributed by atoms with Gasteiger partial charge in [-0.2, -0.15) is 0 Å². The van der Waals surface area contributed by atoms with Gasteiger partial charge in [-0.3, -0.25) is 24.0 Å². The van der Waals surface area contributed by atoms with Gasteiger partial charge in [-0.05, 0) is 18.1 Å². The Morgan fingerprint density at radius 1 is 0.857 bits per heavy atom. The summed E-state index contributed by atoms with van der Waals surface area (Å²) in [7, 11) is 0. The van der Waals surface area contributed by atoms with Gasteiger partial charge in [-0.15, -0.1) is 0 Å². The summed E-state index contributed by atoms with van der Waals surface area (Å²) in [4.78, 5) is 83.6. The van der Waals surface area contributed by atoms with E-state index in [1.807, 2.05) is 18.2 Å². The number of aromatic nitrogens is 3. The van der Waals surface area contributed by atoms with Gasteiger partial charge in [0, 0.05) is 48.3 Å². The maximum Gasteiger partial charge on any atom is 0.326 e. The lowest BCUT2D eigenvalue weighted by Gasteiger charge is -2.25. The van der Waals surface area contributed by atoms with Gasteiger partial charge >= 0.3 is 5.97 Å². The first-order chi connectivity index (χ1) is 19.9. The fraction of sp³-hybridized carbons (Fsp3) is 0.346. The topological polar surface area (TPSA) is 281 Å². The Kier molecular flexibility index (Phi) is 10.7. The van der Waals surface area contributed by atoms with Crippen molar-refractivity contribution in [1.82, 2.24) is 30.9 Å². The maximum atomic E-state index is 13.5. The van der Waals surface area contributed by atoms with E-state index in [-0.39, 0.29) is 25.7 Å². The molecule has 2 heterocycles. The first-order valence-electron chi connectivity index (χ1n) is 12.9. The van der Waals surface area contributed by atoms with Gasteiger partial charge in [0.25, 0.3) is 0 Å². The standard InChI is InChI=1S/C26H33N9O7/c27-16(9-22(29)37)23(38)33-18(5-6-21(28)36)24(39)34-19(7-13-10-31-17-4-2-1-3-15(13)17)25(40)35-20(26(41)42)8-14-11-30-12-32-14/h1-4,10-12,16,18-20,31H,5-9,27H2,(H2,28,36)(H2,29,37)(H,30,32)(H,33,38)(H,34,39)(H,35,40)(H,41,42). The molecular weight excluding hydrogens is 550 g/mol. The molecule has 3 rings (SSSR count). The van der Waals surface area contributed by atoms with Crippen LogP contribution in [0.5, 0.6) is 0 Å². The van der Waals surface area contributed by atoms with Crippen LogP contribution in [-0.4, -0.2) is 79.7 Å². The summed E-state index contributed by atoms with van der Waals surface area (Å²) in [5.74, 6) is -5.47. The second kappa shape index (κ2) is 14.4. The van der Waals surface area contributed by atoms with Crippen molar-refractivity contribution < 1.29 is 33.9 Å². The van der Waals surface area contributed by atoms with E-state index >= 15 is 0 Å². The Morgan fingerprint density at radius 2 is 1.52 bits per heavy atom. The van der Waals surface area contributed by atoms with E-state index in [2.05, 4.69) is 30.9 Å². The SMILES string of the molecule is NC(=O)CCC(NC(=O)C(N)CC(N)=O)C(=O)NC(Cc1c[nH]c2ccccc12)C(=O)NC(Cc1cnc[nH]1)C(=O)O. The number of aromatic amines is 2. The van der Waals surface area contributed by atoms with Crippen molar-refractivity contribution in [2.45, 2.75) is 56.3 Å². The molecular formula is C26H33N9O7. The van der Waals surface area contributed by atoms with Crippen LogP contribution in [0, 0.1) is 0 Å². The molecule has 16 nitrogen and oxygen atoms in total. The highest BCUT2D eigenvalue weighted by molar-refractivity contribution is 5.96. The lowest BCUT2D eigenvalue weighted by Crippen LogP contribution is -2.58. The maximum absolute atomic E-state index is 13.5. The minimum absolute atomic E-state index is 0.0599. The van der Waals surface area contributed by atoms with E-state index in [0.717, 1.165) is 10.9 Å². The molecule has 3 aromatic rings. The predicted octanol–water partition coefficient (Wildman–Crippen LogP) is -2.32. The van der Waals surface area contributed by atoms with Crippen molar-refractivity contribution >= 4 is 46.4 Å². The molecule has 0 bridgehead atoms. The van der Waals surface area contributed by atoms with E-state index in [1.54, 1.807) is 12.3 Å². The largest absolute Gasteiger partial charge is 0.480 e. The Balaban J connectivity index is 1.86. The summed E-state index contributed by atoms with van der Waals surface area (Å²) >= 11 is 0. The molecule has 12 N–H and O–H groups in total. The van der Waals surface area contributed by atoms with Gasteiger partial charge in [-0.1, -0.05) is 18.2 Å². The van der Waals surface area contributed by atoms with Crippen molar-refractivity contribution in [1.29, 1.82) is 0 Å². The lowest BCUT2D eigenvalue weighted by atomic mass is 10.0. The number of rotatable bonds is 16. The van der Waals surface area contributed by atoms with Crippen molar-refractivity contribution in [2.75, 3.05) is 0 Å². The average Bonchev–Trinajstić information content (AvgIpc) is 3.59. The van der Waals surface area contributed by atoms with Crippen LogP contribution in [0.3, 0.4) is 0 Å². The zero-order valence-corrected chi connectivity index (χ0v) is 22.5. The second-order valence-corrected chi connectivity index (χ2v) is 9.65. The minimum atomic E-state index is -1.37. The van der Waals surface area contributed by atoms with Crippen LogP contribution >= 0.6 is 0 Å². The molecule has 0 fully saturated rings.